The smallest absolute Gasteiger partial charge is 0.0115 e. The van der Waals surface area contributed by atoms with E-state index in [1.54, 1.807) is 0 Å². The van der Waals surface area contributed by atoms with Crippen LogP contribution in [0.4, 0.5) is 0 Å². The van der Waals surface area contributed by atoms with Crippen LogP contribution >= 0.6 is 0 Å². The Kier molecular flexibility index (Phi) is 4.30. The van der Waals surface area contributed by atoms with Gasteiger partial charge >= 0.3 is 0 Å². The molecule has 0 nitrogen and oxygen atoms in total. The van der Waals surface area contributed by atoms with Gasteiger partial charge in [0.1, 0.15) is 0 Å². The van der Waals surface area contributed by atoms with Crippen LogP contribution in [0.3, 0.4) is 0 Å². The lowest BCUT2D eigenvalue weighted by molar-refractivity contribution is 0.406. The minimum Gasteiger partial charge on any atom is -0.103 e. The molecule has 0 aliphatic rings. The second-order valence-corrected chi connectivity index (χ2v) is 4.17. The van der Waals surface area contributed by atoms with E-state index >= 15 is 0 Å². The van der Waals surface area contributed by atoms with Gasteiger partial charge in [-0.3, -0.25) is 0 Å². The highest BCUT2D eigenvalue weighted by Crippen LogP contribution is 2.31. The molecule has 0 rings (SSSR count). The zero-order valence-electron chi connectivity index (χ0n) is 9.20. The largest absolute Gasteiger partial charge is 0.103 e. The first-order valence-electron chi connectivity index (χ1n) is 4.71. The lowest BCUT2D eigenvalue weighted by Crippen LogP contribution is -2.11. The second-order valence-electron chi connectivity index (χ2n) is 4.17. The SMILES string of the molecule is C=CC(C)(CC)CC(C)=C(C)C. The molecule has 1 atom stereocenters. The van der Waals surface area contributed by atoms with Gasteiger partial charge in [-0.1, -0.05) is 31.1 Å². The Morgan fingerprint density at radius 3 is 2.08 bits per heavy atom. The Morgan fingerprint density at radius 2 is 1.83 bits per heavy atom. The van der Waals surface area contributed by atoms with Crippen molar-refractivity contribution in [2.45, 2.75) is 47.5 Å². The third-order valence-corrected chi connectivity index (χ3v) is 2.82. The fourth-order valence-electron chi connectivity index (χ4n) is 1.12. The molecule has 0 heterocycles. The predicted molar refractivity (Wildman–Crippen MR) is 57.3 cm³/mol. The highest BCUT2D eigenvalue weighted by Gasteiger charge is 2.17. The van der Waals surface area contributed by atoms with Crippen LogP contribution < -0.4 is 0 Å². The average Bonchev–Trinajstić information content (AvgIpc) is 2.04. The van der Waals surface area contributed by atoms with E-state index in [2.05, 4.69) is 47.3 Å². The second kappa shape index (κ2) is 4.49. The summed E-state index contributed by atoms with van der Waals surface area (Å²) in [6.07, 6.45) is 4.40. The predicted octanol–water partition coefficient (Wildman–Crippen LogP) is 4.34. The van der Waals surface area contributed by atoms with Gasteiger partial charge in [-0.05, 0) is 39.0 Å². The van der Waals surface area contributed by atoms with E-state index in [1.807, 2.05) is 0 Å². The van der Waals surface area contributed by atoms with E-state index in [-0.39, 0.29) is 0 Å². The summed E-state index contributed by atoms with van der Waals surface area (Å²) < 4.78 is 0. The van der Waals surface area contributed by atoms with E-state index in [0.717, 1.165) is 6.42 Å². The molecule has 12 heavy (non-hydrogen) atoms. The van der Waals surface area contributed by atoms with Crippen molar-refractivity contribution in [3.63, 3.8) is 0 Å². The van der Waals surface area contributed by atoms with Crippen LogP contribution in [-0.2, 0) is 0 Å². The van der Waals surface area contributed by atoms with Gasteiger partial charge in [-0.25, -0.2) is 0 Å². The molecule has 0 aliphatic heterocycles. The Morgan fingerprint density at radius 1 is 1.33 bits per heavy atom. The average molecular weight is 166 g/mol. The first-order chi connectivity index (χ1) is 5.45. The minimum absolute atomic E-state index is 0.293. The first-order valence-corrected chi connectivity index (χ1v) is 4.71. The van der Waals surface area contributed by atoms with Crippen LogP contribution in [0.25, 0.3) is 0 Å². The molecule has 0 spiro atoms. The molecule has 0 radical (unpaired) electrons. The molecule has 0 aromatic carbocycles. The van der Waals surface area contributed by atoms with Gasteiger partial charge in [0.15, 0.2) is 0 Å². The highest BCUT2D eigenvalue weighted by atomic mass is 14.2. The summed E-state index contributed by atoms with van der Waals surface area (Å²) in [5, 5.41) is 0. The van der Waals surface area contributed by atoms with Crippen LogP contribution in [0.5, 0.6) is 0 Å². The third-order valence-electron chi connectivity index (χ3n) is 2.82. The van der Waals surface area contributed by atoms with Crippen LogP contribution in [0, 0.1) is 5.41 Å². The fourth-order valence-corrected chi connectivity index (χ4v) is 1.12. The lowest BCUT2D eigenvalue weighted by atomic mass is 9.81. The molecule has 0 fully saturated rings. The quantitative estimate of drug-likeness (QED) is 0.545. The zero-order valence-corrected chi connectivity index (χ0v) is 9.20. The molecule has 0 bridgehead atoms. The van der Waals surface area contributed by atoms with Crippen molar-refractivity contribution in [1.29, 1.82) is 0 Å². The van der Waals surface area contributed by atoms with Gasteiger partial charge in [-0.2, -0.15) is 0 Å². The van der Waals surface area contributed by atoms with Crippen molar-refractivity contribution in [3.05, 3.63) is 23.8 Å². The molecule has 0 aliphatic carbocycles. The van der Waals surface area contributed by atoms with E-state index in [1.165, 1.54) is 17.6 Å². The Bertz CT molecular complexity index is 182. The molecule has 1 unspecified atom stereocenters. The van der Waals surface area contributed by atoms with Crippen molar-refractivity contribution in [3.8, 4) is 0 Å². The number of rotatable bonds is 4. The summed E-state index contributed by atoms with van der Waals surface area (Å²) in [6, 6.07) is 0. The van der Waals surface area contributed by atoms with Crippen LogP contribution in [-0.4, -0.2) is 0 Å². The summed E-state index contributed by atoms with van der Waals surface area (Å²) in [7, 11) is 0. The van der Waals surface area contributed by atoms with Crippen LogP contribution in [0.1, 0.15) is 47.5 Å². The molecule has 0 aromatic rings. The van der Waals surface area contributed by atoms with Gasteiger partial charge in [0, 0.05) is 0 Å². The van der Waals surface area contributed by atoms with Crippen molar-refractivity contribution >= 4 is 0 Å². The molecular weight excluding hydrogens is 144 g/mol. The molecule has 70 valence electrons. The maximum Gasteiger partial charge on any atom is -0.0115 e. The normalized spacial score (nSPS) is 15.1. The summed E-state index contributed by atoms with van der Waals surface area (Å²) >= 11 is 0. The monoisotopic (exact) mass is 166 g/mol. The molecule has 0 amide bonds. The minimum atomic E-state index is 0.293. The maximum atomic E-state index is 3.89. The van der Waals surface area contributed by atoms with E-state index in [4.69, 9.17) is 0 Å². The summed E-state index contributed by atoms with van der Waals surface area (Å²) in [4.78, 5) is 0. The van der Waals surface area contributed by atoms with Gasteiger partial charge in [0.05, 0.1) is 0 Å². The Hall–Kier alpha value is -0.520. The molecule has 0 saturated heterocycles. The number of allylic oxidation sites excluding steroid dienone is 3. The van der Waals surface area contributed by atoms with Gasteiger partial charge in [-0.15, -0.1) is 6.58 Å². The van der Waals surface area contributed by atoms with E-state index in [0.29, 0.717) is 5.41 Å². The number of hydrogen-bond acceptors (Lipinski definition) is 0. The zero-order chi connectivity index (χ0) is 9.78. The van der Waals surface area contributed by atoms with Crippen LogP contribution in [0.2, 0.25) is 0 Å². The van der Waals surface area contributed by atoms with Gasteiger partial charge in [0.2, 0.25) is 0 Å². The maximum absolute atomic E-state index is 3.89. The molecule has 0 saturated carbocycles. The fraction of sp³-hybridized carbons (Fsp3) is 0.667. The topological polar surface area (TPSA) is 0 Å². The van der Waals surface area contributed by atoms with Gasteiger partial charge < -0.3 is 0 Å². The summed E-state index contributed by atoms with van der Waals surface area (Å²) in [5.74, 6) is 0. The standard InChI is InChI=1S/C12H22/c1-7-12(6,8-2)9-11(5)10(3)4/h7H,1,8-9H2,2-6H3. The van der Waals surface area contributed by atoms with E-state index < -0.39 is 0 Å². The van der Waals surface area contributed by atoms with Crippen molar-refractivity contribution in [2.75, 3.05) is 0 Å². The van der Waals surface area contributed by atoms with E-state index in [9.17, 15) is 0 Å². The number of hydrogen-bond donors (Lipinski definition) is 0. The lowest BCUT2D eigenvalue weighted by Gasteiger charge is -2.24. The van der Waals surface area contributed by atoms with Crippen molar-refractivity contribution in [1.82, 2.24) is 0 Å². The third kappa shape index (κ3) is 3.25. The van der Waals surface area contributed by atoms with Crippen molar-refractivity contribution < 1.29 is 0 Å². The first kappa shape index (κ1) is 11.5. The van der Waals surface area contributed by atoms with Crippen molar-refractivity contribution in [2.24, 2.45) is 5.41 Å². The Balaban J connectivity index is 4.42. The summed E-state index contributed by atoms with van der Waals surface area (Å²) in [6.45, 7) is 15.0. The van der Waals surface area contributed by atoms with Gasteiger partial charge in [0.25, 0.3) is 0 Å². The molecule has 0 heteroatoms. The highest BCUT2D eigenvalue weighted by molar-refractivity contribution is 5.11. The Labute approximate surface area is 77.4 Å². The molecule has 0 N–H and O–H groups in total. The summed E-state index contributed by atoms with van der Waals surface area (Å²) in [5.41, 5.74) is 3.23. The van der Waals surface area contributed by atoms with Crippen LogP contribution in [0.15, 0.2) is 23.8 Å². The molecular formula is C12H22. The molecule has 0 aromatic heterocycles.